The molecular formula is C18H16ClF3N4O2. The number of carbonyl (C=O) groups excluding carboxylic acids is 1. The Morgan fingerprint density at radius 3 is 2.68 bits per heavy atom. The molecule has 0 radical (unpaired) electrons. The van der Waals surface area contributed by atoms with Crippen LogP contribution in [0, 0.1) is 0 Å². The molecule has 0 aliphatic rings. The van der Waals surface area contributed by atoms with Gasteiger partial charge < -0.3 is 9.13 Å². The highest BCUT2D eigenvalue weighted by Crippen LogP contribution is 2.29. The second-order valence-corrected chi connectivity index (χ2v) is 6.54. The van der Waals surface area contributed by atoms with Crippen molar-refractivity contribution in [2.75, 3.05) is 5.32 Å². The fourth-order valence-corrected chi connectivity index (χ4v) is 3.04. The molecule has 0 aliphatic heterocycles. The highest BCUT2D eigenvalue weighted by molar-refractivity contribution is 6.30. The van der Waals surface area contributed by atoms with E-state index in [0.717, 1.165) is 11.9 Å². The molecule has 0 saturated carbocycles. The largest absolute Gasteiger partial charge is 0.417 e. The van der Waals surface area contributed by atoms with Crippen molar-refractivity contribution in [3.05, 3.63) is 57.5 Å². The molecule has 148 valence electrons. The number of halogens is 4. The summed E-state index contributed by atoms with van der Waals surface area (Å²) in [5, 5.41) is 1.96. The van der Waals surface area contributed by atoms with Gasteiger partial charge in [0.15, 0.2) is 0 Å². The summed E-state index contributed by atoms with van der Waals surface area (Å²) in [6.07, 6.45) is -3.33. The molecule has 6 nitrogen and oxygen atoms in total. The number of benzene rings is 1. The normalized spacial score (nSPS) is 11.8. The number of aromatic nitrogens is 3. The summed E-state index contributed by atoms with van der Waals surface area (Å²) in [6.45, 7) is 1.92. The van der Waals surface area contributed by atoms with Crippen LogP contribution in [0.3, 0.4) is 0 Å². The van der Waals surface area contributed by atoms with Gasteiger partial charge in [0.25, 0.3) is 5.56 Å². The van der Waals surface area contributed by atoms with Gasteiger partial charge in [-0.3, -0.25) is 14.9 Å². The van der Waals surface area contributed by atoms with Crippen LogP contribution in [0.2, 0.25) is 5.02 Å². The fraction of sp³-hybridized carbons (Fsp3) is 0.278. The Morgan fingerprint density at radius 2 is 2.00 bits per heavy atom. The van der Waals surface area contributed by atoms with Gasteiger partial charge >= 0.3 is 6.18 Å². The van der Waals surface area contributed by atoms with Gasteiger partial charge in [0.05, 0.1) is 16.6 Å². The molecule has 1 aromatic carbocycles. The van der Waals surface area contributed by atoms with E-state index in [1.807, 2.05) is 19.1 Å². The van der Waals surface area contributed by atoms with Gasteiger partial charge in [0, 0.05) is 12.7 Å². The van der Waals surface area contributed by atoms with E-state index < -0.39 is 34.8 Å². The van der Waals surface area contributed by atoms with Gasteiger partial charge in [0.2, 0.25) is 11.9 Å². The molecule has 0 unspecified atom stereocenters. The van der Waals surface area contributed by atoms with Crippen LogP contribution in [-0.2, 0) is 24.1 Å². The van der Waals surface area contributed by atoms with Crippen molar-refractivity contribution in [1.82, 2.24) is 14.1 Å². The number of nitrogens with zero attached hydrogens (tertiary/aromatic N) is 3. The summed E-state index contributed by atoms with van der Waals surface area (Å²) >= 11 is 5.61. The minimum atomic E-state index is -4.69. The van der Waals surface area contributed by atoms with E-state index in [1.165, 1.54) is 0 Å². The van der Waals surface area contributed by atoms with Gasteiger partial charge in [-0.1, -0.05) is 30.7 Å². The Hall–Kier alpha value is -2.81. The van der Waals surface area contributed by atoms with Crippen molar-refractivity contribution >= 4 is 34.5 Å². The molecule has 2 aromatic heterocycles. The molecule has 3 aromatic rings. The predicted octanol–water partition coefficient (Wildman–Crippen LogP) is 3.92. The van der Waals surface area contributed by atoms with Crippen molar-refractivity contribution in [3.63, 3.8) is 0 Å². The molecule has 1 amide bonds. The summed E-state index contributed by atoms with van der Waals surface area (Å²) in [5.74, 6) is -0.427. The summed E-state index contributed by atoms with van der Waals surface area (Å²) in [6, 6.07) is 7.82. The average molecular weight is 413 g/mol. The topological polar surface area (TPSA) is 68.9 Å². The number of anilines is 1. The lowest BCUT2D eigenvalue weighted by Crippen LogP contribution is -2.29. The van der Waals surface area contributed by atoms with E-state index in [1.54, 1.807) is 16.7 Å². The quantitative estimate of drug-likeness (QED) is 0.690. The summed E-state index contributed by atoms with van der Waals surface area (Å²) in [5.41, 5.74) is -0.501. The standard InChI is InChI=1S/C18H16ClF3N4O2/c1-2-7-26-14-6-4-3-5-13(14)23-17(26)24-15(27)10-25-9-11(18(20,21)22)8-12(19)16(25)28/h3-6,8-9H,2,7,10H2,1H3,(H,23,24,27). The van der Waals surface area contributed by atoms with Crippen LogP contribution in [0.25, 0.3) is 11.0 Å². The number of para-hydroxylation sites is 2. The van der Waals surface area contributed by atoms with E-state index in [-0.39, 0.29) is 5.95 Å². The minimum Gasteiger partial charge on any atom is -0.310 e. The number of imidazole rings is 1. The molecule has 0 bridgehead atoms. The van der Waals surface area contributed by atoms with Crippen LogP contribution in [-0.4, -0.2) is 20.0 Å². The molecular weight excluding hydrogens is 397 g/mol. The molecule has 2 heterocycles. The molecule has 0 spiro atoms. The minimum absolute atomic E-state index is 0.263. The SMILES string of the molecule is CCCn1c(NC(=O)Cn2cc(C(F)(F)F)cc(Cl)c2=O)nc2ccccc21. The number of alkyl halides is 3. The van der Waals surface area contributed by atoms with Crippen LogP contribution >= 0.6 is 11.6 Å². The van der Waals surface area contributed by atoms with E-state index >= 15 is 0 Å². The third-order valence-corrected chi connectivity index (χ3v) is 4.31. The first kappa shape index (κ1) is 19.9. The second kappa shape index (κ2) is 7.67. The first-order valence-electron chi connectivity index (χ1n) is 8.43. The summed E-state index contributed by atoms with van der Waals surface area (Å²) in [7, 11) is 0. The average Bonchev–Trinajstić information content (AvgIpc) is 2.95. The number of carbonyl (C=O) groups is 1. The molecule has 10 heteroatoms. The van der Waals surface area contributed by atoms with Gasteiger partial charge in [-0.25, -0.2) is 4.98 Å². The number of hydrogen-bond donors (Lipinski definition) is 1. The third-order valence-electron chi connectivity index (χ3n) is 4.04. The van der Waals surface area contributed by atoms with Gasteiger partial charge in [-0.2, -0.15) is 13.2 Å². The first-order chi connectivity index (χ1) is 13.2. The zero-order chi connectivity index (χ0) is 20.5. The van der Waals surface area contributed by atoms with Crippen LogP contribution in [0.1, 0.15) is 18.9 Å². The molecule has 0 atom stereocenters. The van der Waals surface area contributed by atoms with Crippen LogP contribution in [0.5, 0.6) is 0 Å². The van der Waals surface area contributed by atoms with Crippen LogP contribution in [0.4, 0.5) is 19.1 Å². The lowest BCUT2D eigenvalue weighted by atomic mass is 10.2. The zero-order valence-corrected chi connectivity index (χ0v) is 15.5. The highest BCUT2D eigenvalue weighted by atomic mass is 35.5. The molecule has 0 saturated heterocycles. The predicted molar refractivity (Wildman–Crippen MR) is 99.4 cm³/mol. The first-order valence-corrected chi connectivity index (χ1v) is 8.80. The van der Waals surface area contributed by atoms with Gasteiger partial charge in [-0.15, -0.1) is 0 Å². The Labute approximate surface area is 162 Å². The molecule has 28 heavy (non-hydrogen) atoms. The van der Waals surface area contributed by atoms with Crippen molar-refractivity contribution in [2.45, 2.75) is 32.6 Å². The third kappa shape index (κ3) is 4.04. The van der Waals surface area contributed by atoms with E-state index in [4.69, 9.17) is 11.6 Å². The maximum atomic E-state index is 12.9. The van der Waals surface area contributed by atoms with E-state index in [0.29, 0.717) is 28.9 Å². The Balaban J connectivity index is 1.89. The summed E-state index contributed by atoms with van der Waals surface area (Å²) < 4.78 is 41.2. The molecule has 3 rings (SSSR count). The monoisotopic (exact) mass is 412 g/mol. The molecule has 0 fully saturated rings. The number of pyridine rings is 1. The van der Waals surface area contributed by atoms with Gasteiger partial charge in [-0.05, 0) is 24.6 Å². The lowest BCUT2D eigenvalue weighted by molar-refractivity contribution is -0.138. The van der Waals surface area contributed by atoms with Gasteiger partial charge in [0.1, 0.15) is 11.6 Å². The number of aryl methyl sites for hydroxylation is 1. The Kier molecular flexibility index (Phi) is 5.46. The maximum Gasteiger partial charge on any atom is 0.417 e. The molecule has 1 N–H and O–H groups in total. The fourth-order valence-electron chi connectivity index (χ4n) is 2.81. The van der Waals surface area contributed by atoms with E-state index in [2.05, 4.69) is 10.3 Å². The summed E-state index contributed by atoms with van der Waals surface area (Å²) in [4.78, 5) is 28.7. The highest BCUT2D eigenvalue weighted by Gasteiger charge is 2.32. The van der Waals surface area contributed by atoms with Crippen molar-refractivity contribution < 1.29 is 18.0 Å². The van der Waals surface area contributed by atoms with Crippen LogP contribution in [0.15, 0.2) is 41.3 Å². The number of nitrogens with one attached hydrogen (secondary N) is 1. The van der Waals surface area contributed by atoms with Crippen LogP contribution < -0.4 is 10.9 Å². The molecule has 0 aliphatic carbocycles. The number of hydrogen-bond acceptors (Lipinski definition) is 3. The maximum absolute atomic E-state index is 12.9. The van der Waals surface area contributed by atoms with Crippen molar-refractivity contribution in [2.24, 2.45) is 0 Å². The number of rotatable bonds is 5. The zero-order valence-electron chi connectivity index (χ0n) is 14.8. The van der Waals surface area contributed by atoms with Crippen molar-refractivity contribution in [1.29, 1.82) is 0 Å². The lowest BCUT2D eigenvalue weighted by Gasteiger charge is -2.12. The van der Waals surface area contributed by atoms with Crippen molar-refractivity contribution in [3.8, 4) is 0 Å². The number of amides is 1. The Morgan fingerprint density at radius 1 is 1.29 bits per heavy atom. The van der Waals surface area contributed by atoms with E-state index in [9.17, 15) is 22.8 Å². The second-order valence-electron chi connectivity index (χ2n) is 6.13. The number of fused-ring (bicyclic) bond motifs is 1. The Bertz CT molecular complexity index is 1090. The smallest absolute Gasteiger partial charge is 0.310 e.